The quantitative estimate of drug-likeness (QED) is 0.777. The number of likely N-dealkylation sites (tertiary alicyclic amines) is 1. The van der Waals surface area contributed by atoms with Gasteiger partial charge >= 0.3 is 0 Å². The fourth-order valence-electron chi connectivity index (χ4n) is 3.32. The first-order valence-electron chi connectivity index (χ1n) is 9.37. The van der Waals surface area contributed by atoms with Crippen molar-refractivity contribution >= 4 is 23.2 Å². The lowest BCUT2D eigenvalue weighted by Crippen LogP contribution is -2.41. The number of hydrogen-bond donors (Lipinski definition) is 2. The zero-order chi connectivity index (χ0) is 20.8. The summed E-state index contributed by atoms with van der Waals surface area (Å²) in [5.74, 6) is -1.53. The number of piperidine rings is 1. The molecular weight excluding hydrogens is 380 g/mol. The first-order valence-corrected chi connectivity index (χ1v) is 9.37. The van der Waals surface area contributed by atoms with E-state index >= 15 is 0 Å². The molecule has 0 atom stereocenters. The van der Waals surface area contributed by atoms with Crippen LogP contribution in [-0.2, 0) is 9.59 Å². The Kier molecular flexibility index (Phi) is 6.77. The number of para-hydroxylation sites is 2. The Bertz CT molecular complexity index is 883. The number of benzene rings is 2. The average Bonchev–Trinajstić information content (AvgIpc) is 2.71. The smallest absolute Gasteiger partial charge is 0.238 e. The van der Waals surface area contributed by atoms with Crippen LogP contribution in [0.4, 0.5) is 20.2 Å². The van der Waals surface area contributed by atoms with E-state index in [0.29, 0.717) is 37.4 Å². The summed E-state index contributed by atoms with van der Waals surface area (Å²) >= 11 is 0. The molecule has 3 rings (SSSR count). The van der Waals surface area contributed by atoms with Crippen molar-refractivity contribution in [1.29, 1.82) is 0 Å². The SMILES string of the molecule is COc1ccccc1NC(=O)C1CCN(CC(=O)Nc2ccc(F)cc2F)CC1. The second-order valence-corrected chi connectivity index (χ2v) is 6.91. The zero-order valence-corrected chi connectivity index (χ0v) is 16.1. The molecule has 1 aliphatic rings. The fraction of sp³-hybridized carbons (Fsp3) is 0.333. The molecular formula is C21H23F2N3O3. The number of ether oxygens (including phenoxy) is 1. The van der Waals surface area contributed by atoms with Crippen LogP contribution in [0.5, 0.6) is 5.75 Å². The molecule has 1 heterocycles. The summed E-state index contributed by atoms with van der Waals surface area (Å²) in [6.45, 7) is 1.23. The molecule has 29 heavy (non-hydrogen) atoms. The lowest BCUT2D eigenvalue weighted by Gasteiger charge is -2.30. The van der Waals surface area contributed by atoms with Crippen LogP contribution < -0.4 is 15.4 Å². The highest BCUT2D eigenvalue weighted by Gasteiger charge is 2.26. The third-order valence-corrected chi connectivity index (χ3v) is 4.90. The van der Waals surface area contributed by atoms with Gasteiger partial charge in [-0.3, -0.25) is 14.5 Å². The summed E-state index contributed by atoms with van der Waals surface area (Å²) < 4.78 is 31.8. The van der Waals surface area contributed by atoms with Crippen molar-refractivity contribution < 1.29 is 23.1 Å². The largest absolute Gasteiger partial charge is 0.495 e. The molecule has 0 spiro atoms. The summed E-state index contributed by atoms with van der Waals surface area (Å²) in [5.41, 5.74) is 0.575. The number of carbonyl (C=O) groups excluding carboxylic acids is 2. The molecule has 0 aliphatic carbocycles. The van der Waals surface area contributed by atoms with Gasteiger partial charge in [0, 0.05) is 12.0 Å². The van der Waals surface area contributed by atoms with Gasteiger partial charge in [-0.2, -0.15) is 0 Å². The normalized spacial score (nSPS) is 15.0. The molecule has 6 nitrogen and oxygen atoms in total. The molecule has 0 radical (unpaired) electrons. The number of halogens is 2. The van der Waals surface area contributed by atoms with Gasteiger partial charge in [-0.05, 0) is 50.2 Å². The first kappa shape index (κ1) is 20.7. The van der Waals surface area contributed by atoms with E-state index in [2.05, 4.69) is 10.6 Å². The van der Waals surface area contributed by atoms with Gasteiger partial charge in [0.1, 0.15) is 17.4 Å². The highest BCUT2D eigenvalue weighted by atomic mass is 19.1. The molecule has 2 amide bonds. The van der Waals surface area contributed by atoms with Gasteiger partial charge in [-0.15, -0.1) is 0 Å². The van der Waals surface area contributed by atoms with Crippen molar-refractivity contribution in [2.45, 2.75) is 12.8 Å². The Morgan fingerprint density at radius 3 is 2.48 bits per heavy atom. The van der Waals surface area contributed by atoms with Crippen LogP contribution in [-0.4, -0.2) is 43.5 Å². The second-order valence-electron chi connectivity index (χ2n) is 6.91. The average molecular weight is 403 g/mol. The van der Waals surface area contributed by atoms with E-state index in [0.717, 1.165) is 12.1 Å². The standard InChI is InChI=1S/C21H23F2N3O3/c1-29-19-5-3-2-4-18(19)25-21(28)14-8-10-26(11-9-14)13-20(27)24-17-7-6-15(22)12-16(17)23/h2-7,12,14H,8-11,13H2,1H3,(H,24,27)(H,25,28). The minimum absolute atomic E-state index is 0.0533. The predicted octanol–water partition coefficient (Wildman–Crippen LogP) is 3.26. The van der Waals surface area contributed by atoms with Gasteiger partial charge in [0.25, 0.3) is 0 Å². The van der Waals surface area contributed by atoms with Gasteiger partial charge in [0.2, 0.25) is 11.8 Å². The number of nitrogens with one attached hydrogen (secondary N) is 2. The van der Waals surface area contributed by atoms with Gasteiger partial charge in [0.15, 0.2) is 0 Å². The predicted molar refractivity (Wildman–Crippen MR) is 106 cm³/mol. The molecule has 8 heteroatoms. The number of rotatable bonds is 6. The van der Waals surface area contributed by atoms with E-state index in [1.54, 1.807) is 19.2 Å². The van der Waals surface area contributed by atoms with Gasteiger partial charge in [-0.25, -0.2) is 8.78 Å². The Morgan fingerprint density at radius 2 is 1.79 bits per heavy atom. The summed E-state index contributed by atoms with van der Waals surface area (Å²) in [5, 5.41) is 5.34. The van der Waals surface area contributed by atoms with Crippen molar-refractivity contribution in [3.05, 3.63) is 54.1 Å². The van der Waals surface area contributed by atoms with E-state index in [9.17, 15) is 18.4 Å². The minimum atomic E-state index is -0.815. The molecule has 1 fully saturated rings. The molecule has 1 saturated heterocycles. The van der Waals surface area contributed by atoms with Crippen molar-refractivity contribution in [3.8, 4) is 5.75 Å². The molecule has 2 N–H and O–H groups in total. The van der Waals surface area contributed by atoms with Crippen LogP contribution >= 0.6 is 0 Å². The first-order chi connectivity index (χ1) is 14.0. The Morgan fingerprint density at radius 1 is 1.07 bits per heavy atom. The summed E-state index contributed by atoms with van der Waals surface area (Å²) in [7, 11) is 1.55. The fourth-order valence-corrected chi connectivity index (χ4v) is 3.32. The third kappa shape index (κ3) is 5.51. The molecule has 2 aromatic carbocycles. The maximum Gasteiger partial charge on any atom is 0.238 e. The van der Waals surface area contributed by atoms with E-state index in [1.807, 2.05) is 17.0 Å². The number of nitrogens with zero attached hydrogens (tertiary/aromatic N) is 1. The Labute approximate surface area is 167 Å². The molecule has 154 valence electrons. The maximum absolute atomic E-state index is 13.6. The van der Waals surface area contributed by atoms with Gasteiger partial charge in [0.05, 0.1) is 25.0 Å². The molecule has 2 aromatic rings. The number of hydrogen-bond acceptors (Lipinski definition) is 4. The highest BCUT2D eigenvalue weighted by Crippen LogP contribution is 2.25. The molecule has 0 aromatic heterocycles. The van der Waals surface area contributed by atoms with E-state index in [-0.39, 0.29) is 30.0 Å². The van der Waals surface area contributed by atoms with Crippen molar-refractivity contribution in [2.75, 3.05) is 37.4 Å². The minimum Gasteiger partial charge on any atom is -0.495 e. The lowest BCUT2D eigenvalue weighted by atomic mass is 9.95. The van der Waals surface area contributed by atoms with Crippen LogP contribution in [0.25, 0.3) is 0 Å². The van der Waals surface area contributed by atoms with Gasteiger partial charge < -0.3 is 15.4 Å². The monoisotopic (exact) mass is 403 g/mol. The topological polar surface area (TPSA) is 70.7 Å². The third-order valence-electron chi connectivity index (χ3n) is 4.90. The number of amides is 2. The van der Waals surface area contributed by atoms with Crippen molar-refractivity contribution in [2.24, 2.45) is 5.92 Å². The number of anilines is 2. The second kappa shape index (κ2) is 9.47. The molecule has 0 bridgehead atoms. The van der Waals surface area contributed by atoms with Crippen molar-refractivity contribution in [1.82, 2.24) is 4.90 Å². The maximum atomic E-state index is 13.6. The summed E-state index contributed by atoms with van der Waals surface area (Å²) in [6.07, 6.45) is 1.22. The van der Waals surface area contributed by atoms with Crippen LogP contribution in [0, 0.1) is 17.6 Å². The Hall–Kier alpha value is -3.00. The van der Waals surface area contributed by atoms with E-state index < -0.39 is 11.6 Å². The molecule has 1 aliphatic heterocycles. The molecule has 0 saturated carbocycles. The zero-order valence-electron chi connectivity index (χ0n) is 16.1. The molecule has 0 unspecified atom stereocenters. The van der Waals surface area contributed by atoms with Crippen LogP contribution in [0.1, 0.15) is 12.8 Å². The van der Waals surface area contributed by atoms with Crippen molar-refractivity contribution in [3.63, 3.8) is 0 Å². The van der Waals surface area contributed by atoms with E-state index in [1.165, 1.54) is 6.07 Å². The highest BCUT2D eigenvalue weighted by molar-refractivity contribution is 5.94. The van der Waals surface area contributed by atoms with Crippen LogP contribution in [0.15, 0.2) is 42.5 Å². The summed E-state index contributed by atoms with van der Waals surface area (Å²) in [6, 6.07) is 10.2. The Balaban J connectivity index is 1.47. The number of carbonyl (C=O) groups is 2. The van der Waals surface area contributed by atoms with Crippen LogP contribution in [0.3, 0.4) is 0 Å². The number of methoxy groups -OCH3 is 1. The summed E-state index contributed by atoms with van der Waals surface area (Å²) in [4.78, 5) is 26.6. The van der Waals surface area contributed by atoms with Gasteiger partial charge in [-0.1, -0.05) is 12.1 Å². The lowest BCUT2D eigenvalue weighted by molar-refractivity contribution is -0.121. The van der Waals surface area contributed by atoms with Crippen LogP contribution in [0.2, 0.25) is 0 Å². The van der Waals surface area contributed by atoms with E-state index in [4.69, 9.17) is 4.74 Å².